The zero-order valence-electron chi connectivity index (χ0n) is 6.64. The first-order chi connectivity index (χ1) is 5.77. The lowest BCUT2D eigenvalue weighted by Crippen LogP contribution is -1.95. The van der Waals surface area contributed by atoms with Crippen LogP contribution in [0.5, 0.6) is 0 Å². The minimum absolute atomic E-state index is 0.274. The number of aliphatic imine (C=N–C) groups is 1. The van der Waals surface area contributed by atoms with Gasteiger partial charge in [-0.05, 0) is 12.2 Å². The molecule has 0 N–H and O–H groups in total. The summed E-state index contributed by atoms with van der Waals surface area (Å²) in [5.41, 5.74) is 0. The molecule has 0 spiro atoms. The number of aromatic nitrogens is 3. The van der Waals surface area contributed by atoms with Crippen LogP contribution < -0.4 is 0 Å². The monoisotopic (exact) mass is 180 g/mol. The number of hydrogen-bond acceptors (Lipinski definition) is 4. The van der Waals surface area contributed by atoms with Crippen molar-refractivity contribution in [2.75, 3.05) is 0 Å². The minimum atomic E-state index is -0.274. The summed E-state index contributed by atoms with van der Waals surface area (Å²) >= 11 is 4.47. The second-order valence-electron chi connectivity index (χ2n) is 2.18. The lowest BCUT2D eigenvalue weighted by Gasteiger charge is -1.96. The summed E-state index contributed by atoms with van der Waals surface area (Å²) in [6.07, 6.45) is 3.22. The highest BCUT2D eigenvalue weighted by Gasteiger charge is 2.08. The van der Waals surface area contributed by atoms with Gasteiger partial charge in [-0.25, -0.2) is 9.98 Å². The Morgan fingerprint density at radius 2 is 2.67 bits per heavy atom. The number of hydrogen-bond donors (Lipinski definition) is 0. The maximum Gasteiger partial charge on any atom is 0.179 e. The van der Waals surface area contributed by atoms with E-state index in [1.807, 2.05) is 0 Å². The van der Waals surface area contributed by atoms with Crippen LogP contribution in [0.2, 0.25) is 0 Å². The van der Waals surface area contributed by atoms with Gasteiger partial charge in [0.15, 0.2) is 5.82 Å². The summed E-state index contributed by atoms with van der Waals surface area (Å²) in [6, 6.07) is -0.274. The van der Waals surface area contributed by atoms with Crippen molar-refractivity contribution in [3.05, 3.63) is 24.8 Å². The quantitative estimate of drug-likeness (QED) is 0.398. The Hall–Kier alpha value is -1.32. The first-order valence-electron chi connectivity index (χ1n) is 3.33. The highest BCUT2D eigenvalue weighted by atomic mass is 32.1. The molecule has 0 aromatic carbocycles. The molecule has 1 heterocycles. The standard InChI is InChI=1S/C7H8N4S/c1-3-6(9-5-12)7-8-4-11(2)10-7/h3-4,6H,1H2,2H3/t6-/m1/s1. The van der Waals surface area contributed by atoms with Crippen molar-refractivity contribution in [2.24, 2.45) is 12.0 Å². The van der Waals surface area contributed by atoms with Crippen molar-refractivity contribution < 1.29 is 0 Å². The summed E-state index contributed by atoms with van der Waals surface area (Å²) < 4.78 is 1.60. The Morgan fingerprint density at radius 1 is 1.92 bits per heavy atom. The number of aryl methyl sites for hydroxylation is 1. The van der Waals surface area contributed by atoms with Gasteiger partial charge in [-0.15, -0.1) is 6.58 Å². The fraction of sp³-hybridized carbons (Fsp3) is 0.286. The van der Waals surface area contributed by atoms with E-state index in [4.69, 9.17) is 0 Å². The van der Waals surface area contributed by atoms with Crippen molar-refractivity contribution in [2.45, 2.75) is 6.04 Å². The average molecular weight is 180 g/mol. The average Bonchev–Trinajstić information content (AvgIpc) is 2.47. The molecule has 1 aromatic rings. The van der Waals surface area contributed by atoms with Gasteiger partial charge in [-0.1, -0.05) is 6.08 Å². The summed E-state index contributed by atoms with van der Waals surface area (Å²) in [5, 5.41) is 6.33. The number of isothiocyanates is 1. The summed E-state index contributed by atoms with van der Waals surface area (Å²) in [5.74, 6) is 0.588. The zero-order valence-corrected chi connectivity index (χ0v) is 7.45. The lowest BCUT2D eigenvalue weighted by atomic mass is 10.3. The predicted octanol–water partition coefficient (Wildman–Crippen LogP) is 1.15. The predicted molar refractivity (Wildman–Crippen MR) is 49.0 cm³/mol. The van der Waals surface area contributed by atoms with E-state index in [1.165, 1.54) is 0 Å². The van der Waals surface area contributed by atoms with Crippen LogP contribution in [0.3, 0.4) is 0 Å². The van der Waals surface area contributed by atoms with E-state index in [0.29, 0.717) is 5.82 Å². The maximum atomic E-state index is 4.47. The number of thiocarbonyl (C=S) groups is 1. The molecule has 0 amide bonds. The molecule has 0 saturated carbocycles. The third kappa shape index (κ3) is 1.84. The van der Waals surface area contributed by atoms with Crippen molar-refractivity contribution >= 4 is 17.4 Å². The smallest absolute Gasteiger partial charge is 0.179 e. The van der Waals surface area contributed by atoms with Gasteiger partial charge < -0.3 is 0 Å². The second kappa shape index (κ2) is 3.90. The molecule has 0 bridgehead atoms. The summed E-state index contributed by atoms with van der Waals surface area (Å²) in [7, 11) is 1.79. The Labute approximate surface area is 75.6 Å². The van der Waals surface area contributed by atoms with E-state index >= 15 is 0 Å². The van der Waals surface area contributed by atoms with Crippen LogP contribution in [0.15, 0.2) is 24.0 Å². The van der Waals surface area contributed by atoms with E-state index in [2.05, 4.69) is 39.0 Å². The van der Waals surface area contributed by atoms with Crippen molar-refractivity contribution in [3.63, 3.8) is 0 Å². The van der Waals surface area contributed by atoms with E-state index in [0.717, 1.165) is 0 Å². The minimum Gasteiger partial charge on any atom is -0.256 e. The lowest BCUT2D eigenvalue weighted by molar-refractivity contribution is 0.724. The molecule has 0 radical (unpaired) electrons. The Balaban J connectivity index is 2.93. The Morgan fingerprint density at radius 3 is 3.08 bits per heavy atom. The van der Waals surface area contributed by atoms with Gasteiger partial charge in [0.2, 0.25) is 0 Å². The molecule has 0 aliphatic rings. The SMILES string of the molecule is C=C[C@@H](N=C=S)c1ncn(C)n1. The van der Waals surface area contributed by atoms with Crippen molar-refractivity contribution in [3.8, 4) is 0 Å². The van der Waals surface area contributed by atoms with Crippen LogP contribution in [0.1, 0.15) is 11.9 Å². The van der Waals surface area contributed by atoms with Crippen molar-refractivity contribution in [1.29, 1.82) is 0 Å². The molecule has 0 aliphatic carbocycles. The van der Waals surface area contributed by atoms with Gasteiger partial charge in [0, 0.05) is 7.05 Å². The molecule has 62 valence electrons. The van der Waals surface area contributed by atoms with Crippen LogP contribution >= 0.6 is 12.2 Å². The fourth-order valence-corrected chi connectivity index (χ4v) is 0.878. The van der Waals surface area contributed by atoms with Gasteiger partial charge in [-0.2, -0.15) is 5.10 Å². The van der Waals surface area contributed by atoms with Crippen LogP contribution in [0.4, 0.5) is 0 Å². The molecule has 4 nitrogen and oxygen atoms in total. The molecule has 1 atom stereocenters. The molecule has 1 aromatic heterocycles. The first-order valence-corrected chi connectivity index (χ1v) is 3.74. The maximum absolute atomic E-state index is 4.47. The molecule has 0 unspecified atom stereocenters. The summed E-state index contributed by atoms with van der Waals surface area (Å²) in [4.78, 5) is 7.84. The van der Waals surface area contributed by atoms with Crippen LogP contribution in [0.25, 0.3) is 0 Å². The van der Waals surface area contributed by atoms with Crippen LogP contribution in [-0.2, 0) is 7.05 Å². The molecule has 0 fully saturated rings. The van der Waals surface area contributed by atoms with E-state index in [1.54, 1.807) is 24.1 Å². The van der Waals surface area contributed by atoms with Gasteiger partial charge in [-0.3, -0.25) is 4.68 Å². The van der Waals surface area contributed by atoms with Crippen LogP contribution in [-0.4, -0.2) is 19.9 Å². The summed E-state index contributed by atoms with van der Waals surface area (Å²) in [6.45, 7) is 3.60. The van der Waals surface area contributed by atoms with Gasteiger partial charge in [0.25, 0.3) is 0 Å². The fourth-order valence-electron chi connectivity index (χ4n) is 0.764. The molecule has 5 heteroatoms. The largest absolute Gasteiger partial charge is 0.256 e. The Bertz CT molecular complexity index is 324. The number of rotatable bonds is 3. The highest BCUT2D eigenvalue weighted by Crippen LogP contribution is 2.11. The van der Waals surface area contributed by atoms with E-state index < -0.39 is 0 Å². The molecule has 12 heavy (non-hydrogen) atoms. The van der Waals surface area contributed by atoms with Gasteiger partial charge in [0.1, 0.15) is 12.4 Å². The van der Waals surface area contributed by atoms with Crippen molar-refractivity contribution in [1.82, 2.24) is 14.8 Å². The molecule has 0 saturated heterocycles. The highest BCUT2D eigenvalue weighted by molar-refractivity contribution is 7.78. The second-order valence-corrected chi connectivity index (χ2v) is 2.36. The van der Waals surface area contributed by atoms with Gasteiger partial charge in [0.05, 0.1) is 5.16 Å². The normalized spacial score (nSPS) is 11.8. The first kappa shape index (κ1) is 8.77. The molecule has 0 aliphatic heterocycles. The van der Waals surface area contributed by atoms with Gasteiger partial charge >= 0.3 is 0 Å². The van der Waals surface area contributed by atoms with Crippen LogP contribution in [0, 0.1) is 0 Å². The molecule has 1 rings (SSSR count). The zero-order chi connectivity index (χ0) is 8.97. The number of nitrogens with zero attached hydrogens (tertiary/aromatic N) is 4. The van der Waals surface area contributed by atoms with E-state index in [-0.39, 0.29) is 6.04 Å². The third-order valence-electron chi connectivity index (χ3n) is 1.30. The third-order valence-corrected chi connectivity index (χ3v) is 1.40. The Kier molecular flexibility index (Phi) is 2.85. The molecular weight excluding hydrogens is 172 g/mol. The topological polar surface area (TPSA) is 43.1 Å². The van der Waals surface area contributed by atoms with E-state index in [9.17, 15) is 0 Å². The molecular formula is C7H8N4S.